The average Bonchev–Trinajstić information content (AvgIpc) is 2.73. The number of benzene rings is 1. The number of carbonyl (C=O) groups excluding carboxylic acids is 2. The summed E-state index contributed by atoms with van der Waals surface area (Å²) in [7, 11) is 0. The minimum Gasteiger partial charge on any atom is -0.366 e. The molecule has 1 atom stereocenters. The number of pyridine rings is 2. The number of hydrogen-bond acceptors (Lipinski definition) is 4. The lowest BCUT2D eigenvalue weighted by Gasteiger charge is -2.33. The number of carbonyl (C=O) groups is 2. The Hall–Kier alpha value is -3.28. The first-order valence-electron chi connectivity index (χ1n) is 9.02. The standard InChI is InChI=1S/C21H20N4O2/c22-20(26)17-11-14-5-1-2-8-18(14)24-19(17)16-7-4-10-25(13-16)21(27)15-6-3-9-23-12-15/h1-3,5-6,8-9,11-12,16H,4,7,10,13H2,(H2,22,26)/t16-/m1/s1. The van der Waals surface area contributed by atoms with Crippen molar-refractivity contribution in [2.45, 2.75) is 18.8 Å². The van der Waals surface area contributed by atoms with Crippen LogP contribution in [0.4, 0.5) is 0 Å². The van der Waals surface area contributed by atoms with Crippen molar-refractivity contribution in [3.8, 4) is 0 Å². The van der Waals surface area contributed by atoms with Gasteiger partial charge in [-0.3, -0.25) is 19.6 Å². The predicted octanol–water partition coefficient (Wildman–Crippen LogP) is 2.75. The molecule has 0 aliphatic carbocycles. The number of piperidine rings is 1. The van der Waals surface area contributed by atoms with Crippen molar-refractivity contribution in [2.24, 2.45) is 5.73 Å². The average molecular weight is 360 g/mol. The van der Waals surface area contributed by atoms with E-state index in [0.29, 0.717) is 29.9 Å². The SMILES string of the molecule is NC(=O)c1cc2ccccc2nc1[C@@H]1CCCN(C(=O)c2cccnc2)C1. The van der Waals surface area contributed by atoms with Crippen LogP contribution in [-0.2, 0) is 0 Å². The molecular weight excluding hydrogens is 340 g/mol. The zero-order valence-corrected chi connectivity index (χ0v) is 14.8. The minimum absolute atomic E-state index is 0.0218. The maximum Gasteiger partial charge on any atom is 0.255 e. The van der Waals surface area contributed by atoms with Gasteiger partial charge in [-0.2, -0.15) is 0 Å². The van der Waals surface area contributed by atoms with Gasteiger partial charge in [-0.05, 0) is 37.1 Å². The van der Waals surface area contributed by atoms with Crippen LogP contribution in [-0.4, -0.2) is 39.8 Å². The zero-order chi connectivity index (χ0) is 18.8. The van der Waals surface area contributed by atoms with Crippen molar-refractivity contribution in [3.05, 3.63) is 71.7 Å². The van der Waals surface area contributed by atoms with Crippen LogP contribution in [0.25, 0.3) is 10.9 Å². The fourth-order valence-corrected chi connectivity index (χ4v) is 3.70. The highest BCUT2D eigenvalue weighted by atomic mass is 16.2. The summed E-state index contributed by atoms with van der Waals surface area (Å²) in [4.78, 5) is 35.4. The molecule has 1 aromatic carbocycles. The first-order valence-corrected chi connectivity index (χ1v) is 9.02. The monoisotopic (exact) mass is 360 g/mol. The number of fused-ring (bicyclic) bond motifs is 1. The van der Waals surface area contributed by atoms with Gasteiger partial charge in [0.05, 0.1) is 22.3 Å². The van der Waals surface area contributed by atoms with Crippen molar-refractivity contribution >= 4 is 22.7 Å². The number of para-hydroxylation sites is 1. The minimum atomic E-state index is -0.487. The highest BCUT2D eigenvalue weighted by Crippen LogP contribution is 2.30. The Bertz CT molecular complexity index is 1000. The Morgan fingerprint density at radius 2 is 2.00 bits per heavy atom. The second-order valence-electron chi connectivity index (χ2n) is 6.81. The van der Waals surface area contributed by atoms with E-state index < -0.39 is 5.91 Å². The van der Waals surface area contributed by atoms with E-state index in [4.69, 9.17) is 10.7 Å². The summed E-state index contributed by atoms with van der Waals surface area (Å²) in [5.41, 5.74) is 8.15. The van der Waals surface area contributed by atoms with E-state index in [1.54, 1.807) is 24.5 Å². The Balaban J connectivity index is 1.67. The Morgan fingerprint density at radius 3 is 2.78 bits per heavy atom. The fraction of sp³-hybridized carbons (Fsp3) is 0.238. The maximum absolute atomic E-state index is 12.8. The molecular formula is C21H20N4O2. The largest absolute Gasteiger partial charge is 0.366 e. The van der Waals surface area contributed by atoms with Crippen LogP contribution in [0.3, 0.4) is 0 Å². The van der Waals surface area contributed by atoms with E-state index in [1.165, 1.54) is 0 Å². The lowest BCUT2D eigenvalue weighted by Crippen LogP contribution is -2.39. The number of hydrogen-bond donors (Lipinski definition) is 1. The van der Waals surface area contributed by atoms with E-state index in [1.807, 2.05) is 35.2 Å². The van der Waals surface area contributed by atoms with Gasteiger partial charge in [0.1, 0.15) is 0 Å². The molecule has 136 valence electrons. The summed E-state index contributed by atoms with van der Waals surface area (Å²) in [5, 5.41) is 0.883. The zero-order valence-electron chi connectivity index (χ0n) is 14.8. The van der Waals surface area contributed by atoms with Crippen molar-refractivity contribution < 1.29 is 9.59 Å². The molecule has 0 unspecified atom stereocenters. The molecule has 3 heterocycles. The molecule has 0 spiro atoms. The molecule has 27 heavy (non-hydrogen) atoms. The molecule has 1 aliphatic heterocycles. The van der Waals surface area contributed by atoms with Crippen LogP contribution >= 0.6 is 0 Å². The van der Waals surface area contributed by atoms with Crippen LogP contribution < -0.4 is 5.73 Å². The third-order valence-electron chi connectivity index (χ3n) is 5.02. The molecule has 0 saturated carbocycles. The van der Waals surface area contributed by atoms with Gasteiger partial charge in [0.2, 0.25) is 0 Å². The summed E-state index contributed by atoms with van der Waals surface area (Å²) >= 11 is 0. The van der Waals surface area contributed by atoms with Gasteiger partial charge in [0.25, 0.3) is 11.8 Å². The van der Waals surface area contributed by atoms with Crippen molar-refractivity contribution in [1.29, 1.82) is 0 Å². The molecule has 6 heteroatoms. The van der Waals surface area contributed by atoms with Crippen LogP contribution in [0.2, 0.25) is 0 Å². The van der Waals surface area contributed by atoms with Crippen LogP contribution in [0, 0.1) is 0 Å². The number of amides is 2. The lowest BCUT2D eigenvalue weighted by atomic mass is 9.90. The fourth-order valence-electron chi connectivity index (χ4n) is 3.70. The molecule has 2 amide bonds. The topological polar surface area (TPSA) is 89.2 Å². The Labute approximate surface area is 157 Å². The van der Waals surface area contributed by atoms with E-state index >= 15 is 0 Å². The normalized spacial score (nSPS) is 17.0. The Morgan fingerprint density at radius 1 is 1.15 bits per heavy atom. The third kappa shape index (κ3) is 3.38. The molecule has 6 nitrogen and oxygen atoms in total. The van der Waals surface area contributed by atoms with Crippen LogP contribution in [0.1, 0.15) is 45.2 Å². The van der Waals surface area contributed by atoms with E-state index in [2.05, 4.69) is 4.98 Å². The van der Waals surface area contributed by atoms with Gasteiger partial charge >= 0.3 is 0 Å². The quantitative estimate of drug-likeness (QED) is 0.778. The molecule has 1 fully saturated rings. The van der Waals surface area contributed by atoms with Gasteiger partial charge in [0.15, 0.2) is 0 Å². The molecule has 0 bridgehead atoms. The summed E-state index contributed by atoms with van der Waals surface area (Å²) in [6.07, 6.45) is 4.94. The van der Waals surface area contributed by atoms with Gasteiger partial charge < -0.3 is 10.6 Å². The summed E-state index contributed by atoms with van der Waals surface area (Å²) < 4.78 is 0. The molecule has 1 saturated heterocycles. The number of aromatic nitrogens is 2. The van der Waals surface area contributed by atoms with Crippen molar-refractivity contribution in [2.75, 3.05) is 13.1 Å². The second kappa shape index (κ2) is 7.15. The highest BCUT2D eigenvalue weighted by molar-refractivity contribution is 5.98. The van der Waals surface area contributed by atoms with Gasteiger partial charge in [-0.15, -0.1) is 0 Å². The first-order chi connectivity index (χ1) is 13.1. The molecule has 2 N–H and O–H groups in total. The molecule has 2 aromatic heterocycles. The predicted molar refractivity (Wildman–Crippen MR) is 102 cm³/mol. The third-order valence-corrected chi connectivity index (χ3v) is 5.02. The summed E-state index contributed by atoms with van der Waals surface area (Å²) in [6, 6.07) is 13.0. The molecule has 3 aromatic rings. The van der Waals surface area contributed by atoms with E-state index in [9.17, 15) is 9.59 Å². The molecule has 1 aliphatic rings. The summed E-state index contributed by atoms with van der Waals surface area (Å²) in [6.45, 7) is 1.20. The first kappa shape index (κ1) is 17.1. The van der Waals surface area contributed by atoms with Crippen molar-refractivity contribution in [1.82, 2.24) is 14.9 Å². The number of nitrogens with two attached hydrogens (primary N) is 1. The Kier molecular flexibility index (Phi) is 4.54. The number of nitrogens with zero attached hydrogens (tertiary/aromatic N) is 3. The van der Waals surface area contributed by atoms with Gasteiger partial charge in [0, 0.05) is 36.8 Å². The number of rotatable bonds is 3. The van der Waals surface area contributed by atoms with Gasteiger partial charge in [-0.25, -0.2) is 0 Å². The summed E-state index contributed by atoms with van der Waals surface area (Å²) in [5.74, 6) is -0.556. The van der Waals surface area contributed by atoms with E-state index in [-0.39, 0.29) is 11.8 Å². The smallest absolute Gasteiger partial charge is 0.255 e. The maximum atomic E-state index is 12.8. The van der Waals surface area contributed by atoms with Crippen LogP contribution in [0.5, 0.6) is 0 Å². The second-order valence-corrected chi connectivity index (χ2v) is 6.81. The molecule has 4 rings (SSSR count). The van der Waals surface area contributed by atoms with Crippen molar-refractivity contribution in [3.63, 3.8) is 0 Å². The van der Waals surface area contributed by atoms with Gasteiger partial charge in [-0.1, -0.05) is 18.2 Å². The van der Waals surface area contributed by atoms with Crippen LogP contribution in [0.15, 0.2) is 54.9 Å². The lowest BCUT2D eigenvalue weighted by molar-refractivity contribution is 0.0705. The number of primary amides is 1. The highest BCUT2D eigenvalue weighted by Gasteiger charge is 2.29. The molecule has 0 radical (unpaired) electrons. The van der Waals surface area contributed by atoms with E-state index in [0.717, 1.165) is 23.7 Å². The number of likely N-dealkylation sites (tertiary alicyclic amines) is 1.